The number of carbonyl (C=O) groups is 2. The number of rotatable bonds is 9. The maximum atomic E-state index is 11.9. The number of ketones is 1. The van der Waals surface area contributed by atoms with E-state index in [1.54, 1.807) is 0 Å². The second-order valence-electron chi connectivity index (χ2n) is 5.26. The van der Waals surface area contributed by atoms with Crippen LogP contribution in [0.25, 0.3) is 0 Å². The van der Waals surface area contributed by atoms with Crippen molar-refractivity contribution in [2.24, 2.45) is 5.92 Å². The molecule has 0 amide bonds. The Morgan fingerprint density at radius 1 is 1.20 bits per heavy atom. The van der Waals surface area contributed by atoms with E-state index in [1.807, 2.05) is 19.1 Å². The van der Waals surface area contributed by atoms with Crippen molar-refractivity contribution in [3.63, 3.8) is 0 Å². The lowest BCUT2D eigenvalue weighted by Gasteiger charge is -2.12. The molecule has 0 aliphatic carbocycles. The number of hydrogen-bond donors (Lipinski definition) is 0. The van der Waals surface area contributed by atoms with Crippen molar-refractivity contribution < 1.29 is 19.1 Å². The Morgan fingerprint density at radius 3 is 2.40 bits per heavy atom. The molecule has 0 saturated carbocycles. The second-order valence-corrected chi connectivity index (χ2v) is 5.26. The third-order valence-corrected chi connectivity index (χ3v) is 3.07. The van der Waals surface area contributed by atoms with Gasteiger partial charge in [0.15, 0.2) is 12.6 Å². The highest BCUT2D eigenvalue weighted by atomic mass is 16.7. The summed E-state index contributed by atoms with van der Waals surface area (Å²) in [6.07, 6.45) is 1.04. The summed E-state index contributed by atoms with van der Waals surface area (Å²) in [5.74, 6) is 0.363. The van der Waals surface area contributed by atoms with Gasteiger partial charge in [0, 0.05) is 5.92 Å². The average molecular weight is 278 g/mol. The Morgan fingerprint density at radius 2 is 1.85 bits per heavy atom. The molecule has 0 aromatic heterocycles. The first-order valence-corrected chi connectivity index (χ1v) is 6.79. The molecule has 20 heavy (non-hydrogen) atoms. The molecular formula is C16H22O4. The first-order valence-electron chi connectivity index (χ1n) is 6.79. The van der Waals surface area contributed by atoms with Gasteiger partial charge in [0.2, 0.25) is 0 Å². The summed E-state index contributed by atoms with van der Waals surface area (Å²) >= 11 is 0. The average Bonchev–Trinajstić information content (AvgIpc) is 2.43. The lowest BCUT2D eigenvalue weighted by Crippen LogP contribution is -2.17. The number of hydrogen-bond acceptors (Lipinski definition) is 4. The van der Waals surface area contributed by atoms with Gasteiger partial charge >= 0.3 is 0 Å². The van der Waals surface area contributed by atoms with Crippen LogP contribution in [-0.2, 0) is 25.5 Å². The summed E-state index contributed by atoms with van der Waals surface area (Å²) in [4.78, 5) is 21.8. The fourth-order valence-corrected chi connectivity index (χ4v) is 1.94. The van der Waals surface area contributed by atoms with Gasteiger partial charge in [-0.15, -0.1) is 0 Å². The normalized spacial score (nSPS) is 12.2. The van der Waals surface area contributed by atoms with Crippen molar-refractivity contribution in [1.29, 1.82) is 0 Å². The van der Waals surface area contributed by atoms with Crippen LogP contribution in [0.5, 0.6) is 0 Å². The molecule has 0 aliphatic rings. The van der Waals surface area contributed by atoms with E-state index in [2.05, 4.69) is 30.7 Å². The predicted octanol–water partition coefficient (Wildman–Crippen LogP) is 2.70. The lowest BCUT2D eigenvalue weighted by atomic mass is 9.94. The summed E-state index contributed by atoms with van der Waals surface area (Å²) in [7, 11) is 0. The first-order chi connectivity index (χ1) is 9.54. The van der Waals surface area contributed by atoms with E-state index in [1.165, 1.54) is 5.56 Å². The maximum Gasteiger partial charge on any atom is 0.295 e. The Balaban J connectivity index is 2.51. The number of ether oxygens (including phenoxy) is 2. The van der Waals surface area contributed by atoms with Crippen molar-refractivity contribution in [3.05, 3.63) is 35.4 Å². The first kappa shape index (κ1) is 16.4. The van der Waals surface area contributed by atoms with Crippen LogP contribution in [0.2, 0.25) is 0 Å². The maximum absolute atomic E-state index is 11.9. The highest BCUT2D eigenvalue weighted by molar-refractivity contribution is 5.86. The van der Waals surface area contributed by atoms with Crippen LogP contribution in [0.15, 0.2) is 24.3 Å². The zero-order valence-electron chi connectivity index (χ0n) is 12.3. The Bertz CT molecular complexity index is 423. The molecule has 1 rings (SSSR count). The Labute approximate surface area is 120 Å². The highest BCUT2D eigenvalue weighted by Crippen LogP contribution is 2.18. The Hall–Kier alpha value is -1.68. The van der Waals surface area contributed by atoms with Crippen molar-refractivity contribution in [2.45, 2.75) is 33.1 Å². The fourth-order valence-electron chi connectivity index (χ4n) is 1.94. The topological polar surface area (TPSA) is 52.6 Å². The van der Waals surface area contributed by atoms with Crippen LogP contribution in [-0.4, -0.2) is 25.7 Å². The molecule has 0 spiro atoms. The van der Waals surface area contributed by atoms with Gasteiger partial charge in [0.1, 0.15) is 6.61 Å². The van der Waals surface area contributed by atoms with E-state index in [-0.39, 0.29) is 25.1 Å². The molecule has 0 heterocycles. The monoisotopic (exact) mass is 278 g/mol. The molecule has 0 saturated heterocycles. The smallest absolute Gasteiger partial charge is 0.295 e. The molecule has 1 atom stereocenters. The molecule has 0 aliphatic heterocycles. The van der Waals surface area contributed by atoms with Crippen LogP contribution in [0.4, 0.5) is 0 Å². The molecule has 110 valence electrons. The van der Waals surface area contributed by atoms with Gasteiger partial charge in [-0.05, 0) is 23.5 Å². The summed E-state index contributed by atoms with van der Waals surface area (Å²) in [6.45, 7) is 6.26. The van der Waals surface area contributed by atoms with Crippen molar-refractivity contribution in [3.8, 4) is 0 Å². The van der Waals surface area contributed by atoms with E-state index >= 15 is 0 Å². The van der Waals surface area contributed by atoms with E-state index < -0.39 is 0 Å². The third-order valence-electron chi connectivity index (χ3n) is 3.07. The van der Waals surface area contributed by atoms with Crippen molar-refractivity contribution in [2.75, 3.05) is 13.4 Å². The molecule has 0 bridgehead atoms. The quantitative estimate of drug-likeness (QED) is 0.396. The minimum atomic E-state index is -0.223. The van der Waals surface area contributed by atoms with E-state index in [9.17, 15) is 9.59 Å². The molecule has 4 nitrogen and oxygen atoms in total. The van der Waals surface area contributed by atoms with Gasteiger partial charge in [0.25, 0.3) is 6.47 Å². The van der Waals surface area contributed by atoms with E-state index in [0.717, 1.165) is 12.0 Å². The van der Waals surface area contributed by atoms with Crippen molar-refractivity contribution >= 4 is 12.3 Å². The molecule has 1 aromatic rings. The van der Waals surface area contributed by atoms with Crippen LogP contribution < -0.4 is 0 Å². The minimum Gasteiger partial charge on any atom is -0.441 e. The van der Waals surface area contributed by atoms with Crippen LogP contribution in [0.3, 0.4) is 0 Å². The Kier molecular flexibility index (Phi) is 6.94. The van der Waals surface area contributed by atoms with Crippen LogP contribution in [0, 0.1) is 5.92 Å². The molecule has 1 aromatic carbocycles. The molecule has 4 heteroatoms. The van der Waals surface area contributed by atoms with Gasteiger partial charge in [-0.1, -0.05) is 45.0 Å². The van der Waals surface area contributed by atoms with Gasteiger partial charge < -0.3 is 9.47 Å². The molecular weight excluding hydrogens is 256 g/mol. The van der Waals surface area contributed by atoms with Gasteiger partial charge in [-0.3, -0.25) is 9.59 Å². The number of benzene rings is 1. The third kappa shape index (κ3) is 5.53. The van der Waals surface area contributed by atoms with E-state index in [0.29, 0.717) is 12.4 Å². The van der Waals surface area contributed by atoms with E-state index in [4.69, 9.17) is 4.74 Å². The number of Topliss-reactive ketones (excluding diaryl/α,β-unsaturated/α-hetero) is 1. The number of carbonyl (C=O) groups excluding carboxylic acids is 2. The van der Waals surface area contributed by atoms with Crippen LogP contribution in [0.1, 0.15) is 37.8 Å². The molecule has 0 radical (unpaired) electrons. The van der Waals surface area contributed by atoms with Crippen LogP contribution >= 0.6 is 0 Å². The summed E-state index contributed by atoms with van der Waals surface area (Å²) in [5, 5.41) is 0. The summed E-state index contributed by atoms with van der Waals surface area (Å²) in [5.41, 5.74) is 2.25. The SMILES string of the molecule is CC(C)Cc1ccc(C(C)C(=O)COCOC=O)cc1. The summed E-state index contributed by atoms with van der Waals surface area (Å²) < 4.78 is 9.32. The molecule has 1 unspecified atom stereocenters. The van der Waals surface area contributed by atoms with Crippen molar-refractivity contribution in [1.82, 2.24) is 0 Å². The van der Waals surface area contributed by atoms with Gasteiger partial charge in [-0.25, -0.2) is 0 Å². The standard InChI is InChI=1S/C16H22O4/c1-12(2)8-14-4-6-15(7-5-14)13(3)16(18)9-19-11-20-10-17/h4-7,10,12-13H,8-9,11H2,1-3H3. The zero-order chi connectivity index (χ0) is 15.0. The fraction of sp³-hybridized carbons (Fsp3) is 0.500. The largest absolute Gasteiger partial charge is 0.441 e. The predicted molar refractivity (Wildman–Crippen MR) is 76.4 cm³/mol. The van der Waals surface area contributed by atoms with Gasteiger partial charge in [0.05, 0.1) is 0 Å². The molecule has 0 fully saturated rings. The lowest BCUT2D eigenvalue weighted by molar-refractivity contribution is -0.145. The van der Waals surface area contributed by atoms with Gasteiger partial charge in [-0.2, -0.15) is 0 Å². The second kappa shape index (κ2) is 8.48. The highest BCUT2D eigenvalue weighted by Gasteiger charge is 2.15. The minimum absolute atomic E-state index is 0.0314. The summed E-state index contributed by atoms with van der Waals surface area (Å²) in [6, 6.07) is 8.11. The zero-order valence-corrected chi connectivity index (χ0v) is 12.3. The molecule has 0 N–H and O–H groups in total.